The van der Waals surface area contributed by atoms with Crippen molar-refractivity contribution in [3.63, 3.8) is 0 Å². The Hall–Kier alpha value is -1.85. The van der Waals surface area contributed by atoms with Crippen LogP contribution in [0.15, 0.2) is 4.79 Å². The van der Waals surface area contributed by atoms with Gasteiger partial charge in [0.15, 0.2) is 11.2 Å². The SMILES string of the molecule is CC(C)CCc1nc2nc(N)[nH]c(=O)c2[nH]1. The van der Waals surface area contributed by atoms with Crippen LogP contribution in [0.1, 0.15) is 26.1 Å². The second-order valence-corrected chi connectivity index (χ2v) is 4.27. The standard InChI is InChI=1S/C10H15N5O/c1-5(2)3-4-6-12-7-8(13-6)14-10(11)15-9(7)16/h5H,3-4H2,1-2H3,(H4,11,12,13,14,15,16). The number of aromatic amines is 2. The fourth-order valence-electron chi connectivity index (χ4n) is 1.52. The first kappa shape index (κ1) is 10.7. The van der Waals surface area contributed by atoms with Crippen molar-refractivity contribution in [1.29, 1.82) is 0 Å². The Balaban J connectivity index is 2.36. The molecule has 86 valence electrons. The summed E-state index contributed by atoms with van der Waals surface area (Å²) in [6.07, 6.45) is 1.83. The average Bonchev–Trinajstić information content (AvgIpc) is 2.57. The fraction of sp³-hybridized carbons (Fsp3) is 0.500. The minimum atomic E-state index is -0.272. The predicted molar refractivity (Wildman–Crippen MR) is 62.1 cm³/mol. The van der Waals surface area contributed by atoms with Gasteiger partial charge in [-0.15, -0.1) is 0 Å². The first-order valence-corrected chi connectivity index (χ1v) is 5.30. The third kappa shape index (κ3) is 2.05. The van der Waals surface area contributed by atoms with Crippen LogP contribution >= 0.6 is 0 Å². The molecule has 2 aromatic heterocycles. The molecule has 2 aromatic rings. The van der Waals surface area contributed by atoms with Crippen molar-refractivity contribution in [2.75, 3.05) is 5.73 Å². The van der Waals surface area contributed by atoms with Crippen molar-refractivity contribution in [2.45, 2.75) is 26.7 Å². The van der Waals surface area contributed by atoms with E-state index < -0.39 is 0 Å². The normalized spacial score (nSPS) is 11.4. The molecule has 0 spiro atoms. The summed E-state index contributed by atoms with van der Waals surface area (Å²) < 4.78 is 0. The van der Waals surface area contributed by atoms with Crippen LogP contribution in [0.3, 0.4) is 0 Å². The third-order valence-electron chi connectivity index (χ3n) is 2.39. The van der Waals surface area contributed by atoms with E-state index in [-0.39, 0.29) is 11.5 Å². The van der Waals surface area contributed by atoms with Crippen LogP contribution in [-0.4, -0.2) is 19.9 Å². The van der Waals surface area contributed by atoms with Crippen LogP contribution in [0.25, 0.3) is 11.2 Å². The summed E-state index contributed by atoms with van der Waals surface area (Å²) in [6.45, 7) is 4.29. The molecule has 0 fully saturated rings. The third-order valence-corrected chi connectivity index (χ3v) is 2.39. The summed E-state index contributed by atoms with van der Waals surface area (Å²) in [5.74, 6) is 1.48. The van der Waals surface area contributed by atoms with E-state index >= 15 is 0 Å². The molecule has 6 heteroatoms. The van der Waals surface area contributed by atoms with Crippen molar-refractivity contribution in [3.05, 3.63) is 16.2 Å². The molecule has 0 amide bonds. The van der Waals surface area contributed by atoms with E-state index in [0.717, 1.165) is 18.7 Å². The monoisotopic (exact) mass is 221 g/mol. The summed E-state index contributed by atoms with van der Waals surface area (Å²) in [6, 6.07) is 0. The van der Waals surface area contributed by atoms with Crippen molar-refractivity contribution >= 4 is 17.1 Å². The summed E-state index contributed by atoms with van der Waals surface area (Å²) in [7, 11) is 0. The number of rotatable bonds is 3. The van der Waals surface area contributed by atoms with Crippen LogP contribution in [0.2, 0.25) is 0 Å². The number of nitrogens with two attached hydrogens (primary N) is 1. The van der Waals surface area contributed by atoms with Crippen molar-refractivity contribution in [3.8, 4) is 0 Å². The van der Waals surface area contributed by atoms with Crippen LogP contribution in [0.5, 0.6) is 0 Å². The number of nitrogens with zero attached hydrogens (tertiary/aromatic N) is 2. The average molecular weight is 221 g/mol. The molecule has 0 aliphatic carbocycles. The van der Waals surface area contributed by atoms with Crippen LogP contribution in [-0.2, 0) is 6.42 Å². The van der Waals surface area contributed by atoms with E-state index in [1.165, 1.54) is 0 Å². The van der Waals surface area contributed by atoms with Gasteiger partial charge in [0.25, 0.3) is 5.56 Å². The lowest BCUT2D eigenvalue weighted by Crippen LogP contribution is -2.10. The van der Waals surface area contributed by atoms with Gasteiger partial charge in [0.1, 0.15) is 5.82 Å². The maximum atomic E-state index is 11.5. The fourth-order valence-corrected chi connectivity index (χ4v) is 1.52. The smallest absolute Gasteiger partial charge is 0.278 e. The Morgan fingerprint density at radius 3 is 2.75 bits per heavy atom. The van der Waals surface area contributed by atoms with Gasteiger partial charge < -0.3 is 10.7 Å². The Bertz CT molecular complexity index is 554. The number of hydrogen-bond donors (Lipinski definition) is 3. The van der Waals surface area contributed by atoms with E-state index in [2.05, 4.69) is 33.8 Å². The number of aromatic nitrogens is 4. The molecule has 0 aromatic carbocycles. The maximum absolute atomic E-state index is 11.5. The molecule has 6 nitrogen and oxygen atoms in total. The van der Waals surface area contributed by atoms with Gasteiger partial charge >= 0.3 is 0 Å². The highest BCUT2D eigenvalue weighted by Gasteiger charge is 2.08. The molecular weight excluding hydrogens is 206 g/mol. The number of aryl methyl sites for hydroxylation is 1. The Kier molecular flexibility index (Phi) is 2.64. The number of H-pyrrole nitrogens is 2. The largest absolute Gasteiger partial charge is 0.369 e. The zero-order chi connectivity index (χ0) is 11.7. The lowest BCUT2D eigenvalue weighted by atomic mass is 10.1. The number of fused-ring (bicyclic) bond motifs is 1. The Labute approximate surface area is 92.3 Å². The first-order chi connectivity index (χ1) is 7.56. The summed E-state index contributed by atoms with van der Waals surface area (Å²) in [4.78, 5) is 25.1. The topological polar surface area (TPSA) is 100 Å². The summed E-state index contributed by atoms with van der Waals surface area (Å²) >= 11 is 0. The first-order valence-electron chi connectivity index (χ1n) is 5.30. The van der Waals surface area contributed by atoms with Gasteiger partial charge in [0.05, 0.1) is 0 Å². The molecule has 0 saturated carbocycles. The van der Waals surface area contributed by atoms with Crippen LogP contribution in [0, 0.1) is 5.92 Å². The number of nitrogens with one attached hydrogen (secondary N) is 2. The molecule has 0 aliphatic heterocycles. The molecule has 0 bridgehead atoms. The lowest BCUT2D eigenvalue weighted by Gasteiger charge is -2.00. The van der Waals surface area contributed by atoms with Crippen LogP contribution in [0.4, 0.5) is 5.95 Å². The second kappa shape index (κ2) is 3.96. The van der Waals surface area contributed by atoms with Gasteiger partial charge in [-0.25, -0.2) is 4.98 Å². The Morgan fingerprint density at radius 1 is 1.31 bits per heavy atom. The van der Waals surface area contributed by atoms with Gasteiger partial charge in [-0.05, 0) is 12.3 Å². The van der Waals surface area contributed by atoms with Gasteiger partial charge in [-0.1, -0.05) is 13.8 Å². The molecule has 4 N–H and O–H groups in total. The maximum Gasteiger partial charge on any atom is 0.278 e. The van der Waals surface area contributed by atoms with E-state index in [4.69, 9.17) is 5.73 Å². The van der Waals surface area contributed by atoms with E-state index in [1.54, 1.807) is 0 Å². The van der Waals surface area contributed by atoms with E-state index in [1.807, 2.05) is 0 Å². The van der Waals surface area contributed by atoms with Gasteiger partial charge in [-0.3, -0.25) is 9.78 Å². The summed E-state index contributed by atoms with van der Waals surface area (Å²) in [5, 5.41) is 0. The van der Waals surface area contributed by atoms with E-state index in [0.29, 0.717) is 17.1 Å². The molecule has 16 heavy (non-hydrogen) atoms. The highest BCUT2D eigenvalue weighted by atomic mass is 16.1. The highest BCUT2D eigenvalue weighted by Crippen LogP contribution is 2.09. The zero-order valence-electron chi connectivity index (χ0n) is 9.37. The number of anilines is 1. The van der Waals surface area contributed by atoms with Gasteiger partial charge in [0, 0.05) is 6.42 Å². The predicted octanol–water partition coefficient (Wildman–Crippen LogP) is 0.817. The molecular formula is C10H15N5O. The minimum Gasteiger partial charge on any atom is -0.369 e. The summed E-state index contributed by atoms with van der Waals surface area (Å²) in [5.41, 5.74) is 5.95. The second-order valence-electron chi connectivity index (χ2n) is 4.27. The quantitative estimate of drug-likeness (QED) is 0.714. The van der Waals surface area contributed by atoms with Gasteiger partial charge in [-0.2, -0.15) is 4.98 Å². The van der Waals surface area contributed by atoms with Crippen molar-refractivity contribution in [1.82, 2.24) is 19.9 Å². The molecule has 0 aliphatic rings. The number of hydrogen-bond acceptors (Lipinski definition) is 4. The Morgan fingerprint density at radius 2 is 2.06 bits per heavy atom. The lowest BCUT2D eigenvalue weighted by molar-refractivity contribution is 0.577. The molecule has 0 radical (unpaired) electrons. The molecule has 0 unspecified atom stereocenters. The van der Waals surface area contributed by atoms with Crippen molar-refractivity contribution < 1.29 is 0 Å². The highest BCUT2D eigenvalue weighted by molar-refractivity contribution is 5.70. The minimum absolute atomic E-state index is 0.0967. The van der Waals surface area contributed by atoms with Gasteiger partial charge in [0.2, 0.25) is 5.95 Å². The molecule has 0 atom stereocenters. The molecule has 2 heterocycles. The zero-order valence-corrected chi connectivity index (χ0v) is 9.37. The van der Waals surface area contributed by atoms with Crippen LogP contribution < -0.4 is 11.3 Å². The molecule has 0 saturated heterocycles. The van der Waals surface area contributed by atoms with Crippen molar-refractivity contribution in [2.24, 2.45) is 5.92 Å². The molecule has 2 rings (SSSR count). The number of nitrogen functional groups attached to an aromatic ring is 1. The number of imidazole rings is 1. The van der Waals surface area contributed by atoms with E-state index in [9.17, 15) is 4.79 Å².